The average molecular weight is 245 g/mol. The Balaban J connectivity index is 2.60. The van der Waals surface area contributed by atoms with Gasteiger partial charge in [0.2, 0.25) is 0 Å². The topological polar surface area (TPSA) is 68.0 Å². The summed E-state index contributed by atoms with van der Waals surface area (Å²) in [6.45, 7) is 0. The van der Waals surface area contributed by atoms with Gasteiger partial charge >= 0.3 is 0 Å². The number of benzene rings is 1. The van der Waals surface area contributed by atoms with Crippen LogP contribution in [-0.2, 0) is 0 Å². The highest BCUT2D eigenvalue weighted by atomic mass is 19.1. The van der Waals surface area contributed by atoms with Gasteiger partial charge in [-0.1, -0.05) is 0 Å². The maximum absolute atomic E-state index is 13.9. The third-order valence-electron chi connectivity index (χ3n) is 2.62. The summed E-state index contributed by atoms with van der Waals surface area (Å²) in [4.78, 5) is 15.1. The number of nitrogens with one attached hydrogen (secondary N) is 1. The number of hydrogen-bond acceptors (Lipinski definition) is 3. The Morgan fingerprint density at radius 3 is 2.50 bits per heavy atom. The molecule has 92 valence electrons. The van der Waals surface area contributed by atoms with Gasteiger partial charge in [0.1, 0.15) is 5.82 Å². The highest BCUT2D eigenvalue weighted by Gasteiger charge is 2.15. The molecule has 0 atom stereocenters. The van der Waals surface area contributed by atoms with Crippen LogP contribution >= 0.6 is 0 Å². The molecular formula is C13H12FN3O. The molecule has 0 unspecified atom stereocenters. The predicted molar refractivity (Wildman–Crippen MR) is 67.7 cm³/mol. The Hall–Kier alpha value is -2.43. The lowest BCUT2D eigenvalue weighted by molar-refractivity contribution is 0.0997. The molecule has 1 aromatic heterocycles. The van der Waals surface area contributed by atoms with Crippen LogP contribution in [-0.4, -0.2) is 17.9 Å². The summed E-state index contributed by atoms with van der Waals surface area (Å²) in [6, 6.07) is 6.49. The van der Waals surface area contributed by atoms with Crippen molar-refractivity contribution in [3.63, 3.8) is 0 Å². The Bertz CT molecular complexity index is 584. The first-order valence-corrected chi connectivity index (χ1v) is 5.35. The molecule has 0 radical (unpaired) electrons. The van der Waals surface area contributed by atoms with Gasteiger partial charge in [0.05, 0.1) is 11.3 Å². The molecule has 0 spiro atoms. The molecule has 4 nitrogen and oxygen atoms in total. The van der Waals surface area contributed by atoms with Crippen LogP contribution in [0.1, 0.15) is 10.4 Å². The minimum atomic E-state index is -0.793. The van der Waals surface area contributed by atoms with Crippen molar-refractivity contribution < 1.29 is 9.18 Å². The first kappa shape index (κ1) is 12.0. The van der Waals surface area contributed by atoms with Crippen molar-refractivity contribution in [3.05, 3.63) is 48.0 Å². The van der Waals surface area contributed by atoms with E-state index in [-0.39, 0.29) is 5.56 Å². The van der Waals surface area contributed by atoms with Crippen LogP contribution in [0.3, 0.4) is 0 Å². The molecule has 0 bridgehead atoms. The molecule has 2 aromatic rings. The molecule has 5 heteroatoms. The van der Waals surface area contributed by atoms with Crippen LogP contribution < -0.4 is 11.1 Å². The summed E-state index contributed by atoms with van der Waals surface area (Å²) in [6.07, 6.45) is 3.24. The Morgan fingerprint density at radius 2 is 1.94 bits per heavy atom. The van der Waals surface area contributed by atoms with Crippen LogP contribution in [0.5, 0.6) is 0 Å². The van der Waals surface area contributed by atoms with Crippen LogP contribution in [0, 0.1) is 5.82 Å². The van der Waals surface area contributed by atoms with E-state index in [0.717, 1.165) is 5.56 Å². The van der Waals surface area contributed by atoms with E-state index in [9.17, 15) is 9.18 Å². The third kappa shape index (κ3) is 2.15. The average Bonchev–Trinajstić information content (AvgIpc) is 2.38. The number of nitrogens with two attached hydrogens (primary N) is 1. The lowest BCUT2D eigenvalue weighted by atomic mass is 10.0. The van der Waals surface area contributed by atoms with E-state index < -0.39 is 11.7 Å². The molecule has 3 N–H and O–H groups in total. The number of rotatable bonds is 3. The van der Waals surface area contributed by atoms with E-state index in [1.165, 1.54) is 6.07 Å². The van der Waals surface area contributed by atoms with E-state index >= 15 is 0 Å². The zero-order valence-corrected chi connectivity index (χ0v) is 9.77. The molecule has 0 aliphatic rings. The summed E-state index contributed by atoms with van der Waals surface area (Å²) >= 11 is 0. The molecule has 18 heavy (non-hydrogen) atoms. The van der Waals surface area contributed by atoms with E-state index in [4.69, 9.17) is 5.73 Å². The Labute approximate surface area is 104 Å². The van der Waals surface area contributed by atoms with Gasteiger partial charge in [-0.15, -0.1) is 0 Å². The zero-order chi connectivity index (χ0) is 13.1. The standard InChI is InChI=1S/C13H12FN3O/c1-16-11-7-9(8-2-4-17-5-3-8)6-10(14)12(11)13(15)18/h2-7,16H,1H3,(H2,15,18). The second-order valence-corrected chi connectivity index (χ2v) is 3.73. The molecule has 1 heterocycles. The fraction of sp³-hybridized carbons (Fsp3) is 0.0769. The second kappa shape index (κ2) is 4.83. The quantitative estimate of drug-likeness (QED) is 0.869. The highest BCUT2D eigenvalue weighted by Crippen LogP contribution is 2.27. The number of primary amides is 1. The van der Waals surface area contributed by atoms with E-state index in [1.54, 1.807) is 37.6 Å². The van der Waals surface area contributed by atoms with Crippen LogP contribution in [0.15, 0.2) is 36.7 Å². The largest absolute Gasteiger partial charge is 0.387 e. The number of halogens is 1. The van der Waals surface area contributed by atoms with Gasteiger partial charge in [-0.2, -0.15) is 0 Å². The Morgan fingerprint density at radius 1 is 1.28 bits per heavy atom. The Kier molecular flexibility index (Phi) is 3.23. The van der Waals surface area contributed by atoms with Gasteiger partial charge in [-0.3, -0.25) is 9.78 Å². The smallest absolute Gasteiger partial charge is 0.253 e. The van der Waals surface area contributed by atoms with Gasteiger partial charge in [-0.25, -0.2) is 4.39 Å². The van der Waals surface area contributed by atoms with Crippen molar-refractivity contribution in [2.45, 2.75) is 0 Å². The van der Waals surface area contributed by atoms with Crippen molar-refractivity contribution in [1.82, 2.24) is 4.98 Å². The van der Waals surface area contributed by atoms with Gasteiger partial charge in [-0.05, 0) is 35.4 Å². The van der Waals surface area contributed by atoms with Crippen LogP contribution in [0.2, 0.25) is 0 Å². The number of pyridine rings is 1. The van der Waals surface area contributed by atoms with Crippen molar-refractivity contribution in [2.24, 2.45) is 5.73 Å². The van der Waals surface area contributed by atoms with Crippen LogP contribution in [0.25, 0.3) is 11.1 Å². The van der Waals surface area contributed by atoms with E-state index in [2.05, 4.69) is 10.3 Å². The van der Waals surface area contributed by atoms with Gasteiger partial charge in [0.25, 0.3) is 5.91 Å². The van der Waals surface area contributed by atoms with Gasteiger partial charge < -0.3 is 11.1 Å². The minimum absolute atomic E-state index is 0.129. The fourth-order valence-electron chi connectivity index (χ4n) is 1.77. The number of hydrogen-bond donors (Lipinski definition) is 2. The van der Waals surface area contributed by atoms with E-state index in [0.29, 0.717) is 11.3 Å². The SMILES string of the molecule is CNc1cc(-c2ccncc2)cc(F)c1C(N)=O. The summed E-state index contributed by atoms with van der Waals surface area (Å²) in [5.74, 6) is -1.43. The minimum Gasteiger partial charge on any atom is -0.387 e. The second-order valence-electron chi connectivity index (χ2n) is 3.73. The number of nitrogens with zero attached hydrogens (tertiary/aromatic N) is 1. The maximum Gasteiger partial charge on any atom is 0.253 e. The zero-order valence-electron chi connectivity index (χ0n) is 9.77. The number of carbonyl (C=O) groups excluding carboxylic acids is 1. The number of amides is 1. The van der Waals surface area contributed by atoms with Crippen molar-refractivity contribution in [3.8, 4) is 11.1 Å². The third-order valence-corrected chi connectivity index (χ3v) is 2.62. The van der Waals surface area contributed by atoms with Gasteiger partial charge in [0, 0.05) is 19.4 Å². The lowest BCUT2D eigenvalue weighted by Gasteiger charge is -2.10. The first-order valence-electron chi connectivity index (χ1n) is 5.35. The fourth-order valence-corrected chi connectivity index (χ4v) is 1.77. The van der Waals surface area contributed by atoms with Crippen molar-refractivity contribution in [2.75, 3.05) is 12.4 Å². The first-order chi connectivity index (χ1) is 8.63. The molecule has 0 saturated heterocycles. The predicted octanol–water partition coefficient (Wildman–Crippen LogP) is 2.03. The summed E-state index contributed by atoms with van der Waals surface area (Å²) in [5, 5.41) is 2.77. The number of anilines is 1. The lowest BCUT2D eigenvalue weighted by Crippen LogP contribution is -2.15. The molecular weight excluding hydrogens is 233 g/mol. The molecule has 2 rings (SSSR count). The summed E-state index contributed by atoms with van der Waals surface area (Å²) in [5.41, 5.74) is 6.86. The summed E-state index contributed by atoms with van der Waals surface area (Å²) < 4.78 is 13.9. The number of aromatic nitrogens is 1. The van der Waals surface area contributed by atoms with Gasteiger partial charge in [0.15, 0.2) is 0 Å². The maximum atomic E-state index is 13.9. The molecule has 1 aromatic carbocycles. The molecule has 0 fully saturated rings. The molecule has 0 saturated carbocycles. The van der Waals surface area contributed by atoms with Crippen molar-refractivity contribution >= 4 is 11.6 Å². The highest BCUT2D eigenvalue weighted by molar-refractivity contribution is 5.99. The number of carbonyl (C=O) groups is 1. The van der Waals surface area contributed by atoms with E-state index in [1.807, 2.05) is 0 Å². The summed E-state index contributed by atoms with van der Waals surface area (Å²) in [7, 11) is 1.61. The normalized spacial score (nSPS) is 10.1. The van der Waals surface area contributed by atoms with Crippen LogP contribution in [0.4, 0.5) is 10.1 Å². The molecule has 1 amide bonds. The van der Waals surface area contributed by atoms with Crippen molar-refractivity contribution in [1.29, 1.82) is 0 Å². The monoisotopic (exact) mass is 245 g/mol. The molecule has 0 aliphatic heterocycles. The molecule has 0 aliphatic carbocycles.